The number of pyridine rings is 2. The Bertz CT molecular complexity index is 1760. The predicted molar refractivity (Wildman–Crippen MR) is 147 cm³/mol. The van der Waals surface area contributed by atoms with Crippen LogP contribution in [0.3, 0.4) is 0 Å². The molecule has 2 aromatic heterocycles. The lowest BCUT2D eigenvalue weighted by Crippen LogP contribution is -2.51. The number of alkyl halides is 3. The number of carbonyl (C=O) groups is 2. The Labute approximate surface area is 242 Å². The molecule has 0 saturated heterocycles. The van der Waals surface area contributed by atoms with Crippen molar-refractivity contribution in [3.63, 3.8) is 0 Å². The number of ether oxygens (including phenoxy) is 2. The van der Waals surface area contributed by atoms with Gasteiger partial charge in [0.1, 0.15) is 40.5 Å². The van der Waals surface area contributed by atoms with Gasteiger partial charge in [-0.2, -0.15) is 13.2 Å². The van der Waals surface area contributed by atoms with Crippen LogP contribution in [0.1, 0.15) is 34.1 Å². The summed E-state index contributed by atoms with van der Waals surface area (Å²) in [5.74, 6) is -2.22. The molecule has 2 amide bonds. The molecule has 43 heavy (non-hydrogen) atoms. The molecule has 224 valence electrons. The quantitative estimate of drug-likeness (QED) is 0.273. The number of fused-ring (bicyclic) bond motifs is 2. The molecule has 0 radical (unpaired) electrons. The third-order valence-corrected chi connectivity index (χ3v) is 7.64. The molecule has 5 rings (SSSR count). The lowest BCUT2D eigenvalue weighted by atomic mass is 9.81. The number of methoxy groups -OCH3 is 1. The third kappa shape index (κ3) is 4.99. The van der Waals surface area contributed by atoms with Gasteiger partial charge in [-0.3, -0.25) is 14.6 Å². The fourth-order valence-corrected chi connectivity index (χ4v) is 4.89. The lowest BCUT2D eigenvalue weighted by Gasteiger charge is -2.31. The summed E-state index contributed by atoms with van der Waals surface area (Å²) in [5, 5.41) is 13.9. The summed E-state index contributed by atoms with van der Waals surface area (Å²) < 4.78 is 68.7. The lowest BCUT2D eigenvalue weighted by molar-refractivity contribution is -0.265. The maximum absolute atomic E-state index is 14.7. The highest BCUT2D eigenvalue weighted by Crippen LogP contribution is 2.47. The number of benzene rings is 2. The monoisotopic (exact) mass is 598 g/mol. The van der Waals surface area contributed by atoms with Crippen molar-refractivity contribution in [1.29, 1.82) is 0 Å². The van der Waals surface area contributed by atoms with E-state index in [0.29, 0.717) is 10.9 Å². The molecule has 0 aliphatic carbocycles. The molecule has 1 aliphatic rings. The van der Waals surface area contributed by atoms with Crippen molar-refractivity contribution in [3.05, 3.63) is 82.9 Å². The highest BCUT2D eigenvalue weighted by Gasteiger charge is 2.57. The zero-order valence-corrected chi connectivity index (χ0v) is 23.2. The topological polar surface area (TPSA) is 137 Å². The van der Waals surface area contributed by atoms with Gasteiger partial charge < -0.3 is 25.6 Å². The van der Waals surface area contributed by atoms with Gasteiger partial charge in [-0.1, -0.05) is 0 Å². The van der Waals surface area contributed by atoms with Crippen molar-refractivity contribution in [2.75, 3.05) is 20.3 Å². The number of halogens is 4. The Hall–Kier alpha value is -4.78. The summed E-state index contributed by atoms with van der Waals surface area (Å²) in [4.78, 5) is 33.9. The van der Waals surface area contributed by atoms with E-state index >= 15 is 0 Å². The van der Waals surface area contributed by atoms with E-state index in [1.54, 1.807) is 19.2 Å². The summed E-state index contributed by atoms with van der Waals surface area (Å²) in [7, 11) is 1.37. The molecule has 2 atom stereocenters. The molecular formula is C30H26F4N4O5. The molecule has 13 heteroatoms. The van der Waals surface area contributed by atoms with E-state index in [2.05, 4.69) is 15.3 Å². The van der Waals surface area contributed by atoms with Crippen molar-refractivity contribution in [2.45, 2.75) is 31.0 Å². The first-order valence-electron chi connectivity index (χ1n) is 12.9. The molecule has 9 nitrogen and oxygen atoms in total. The number of nitrogens with two attached hydrogens (primary N) is 1. The van der Waals surface area contributed by atoms with Crippen LogP contribution in [0.5, 0.6) is 11.5 Å². The zero-order chi connectivity index (χ0) is 31.3. The van der Waals surface area contributed by atoms with Gasteiger partial charge in [0.25, 0.3) is 5.91 Å². The summed E-state index contributed by atoms with van der Waals surface area (Å²) in [6, 6.07) is 10.1. The van der Waals surface area contributed by atoms with Gasteiger partial charge in [0.05, 0.1) is 19.3 Å². The highest BCUT2D eigenvalue weighted by molar-refractivity contribution is 6.00. The molecule has 4 aromatic rings. The number of amides is 2. The van der Waals surface area contributed by atoms with E-state index < -0.39 is 47.1 Å². The number of carbonyl (C=O) groups excluding carboxylic acids is 2. The minimum Gasteiger partial charge on any atom is -0.494 e. The Kier molecular flexibility index (Phi) is 7.25. The first-order valence-corrected chi connectivity index (χ1v) is 12.9. The summed E-state index contributed by atoms with van der Waals surface area (Å²) in [6.45, 7) is 1.52. The van der Waals surface area contributed by atoms with E-state index in [0.717, 1.165) is 23.8 Å². The normalized spacial score (nSPS) is 17.6. The van der Waals surface area contributed by atoms with E-state index in [9.17, 15) is 32.3 Å². The maximum atomic E-state index is 14.7. The van der Waals surface area contributed by atoms with Crippen LogP contribution in [0.2, 0.25) is 0 Å². The number of rotatable bonds is 7. The van der Waals surface area contributed by atoms with Crippen molar-refractivity contribution < 1.29 is 41.7 Å². The van der Waals surface area contributed by atoms with Crippen LogP contribution in [0.15, 0.2) is 54.7 Å². The molecule has 0 bridgehead atoms. The molecule has 2 aromatic carbocycles. The second kappa shape index (κ2) is 10.5. The Morgan fingerprint density at radius 2 is 1.86 bits per heavy atom. The number of aryl methyl sites for hydroxylation is 1. The number of aromatic nitrogens is 2. The molecule has 4 N–H and O–H groups in total. The first kappa shape index (κ1) is 29.7. The molecule has 0 unspecified atom stereocenters. The zero-order valence-electron chi connectivity index (χ0n) is 23.2. The van der Waals surface area contributed by atoms with Gasteiger partial charge >= 0.3 is 6.18 Å². The van der Waals surface area contributed by atoms with Gasteiger partial charge in [0, 0.05) is 28.3 Å². The highest BCUT2D eigenvalue weighted by atomic mass is 19.4. The number of nitrogens with one attached hydrogen (secondary N) is 1. The SMILES string of the molecule is COc1cc(C(=O)NC[C@](O)(c2cc3c(c(-c4ccc(F)cc4)n2)OC[C@]3(C)C(N)=O)C(F)(F)F)cc2c(C)ccnc12. The molecular weight excluding hydrogens is 572 g/mol. The van der Waals surface area contributed by atoms with Crippen LogP contribution < -0.4 is 20.5 Å². The third-order valence-electron chi connectivity index (χ3n) is 7.64. The average Bonchev–Trinajstić information content (AvgIpc) is 3.32. The molecule has 1 aliphatic heterocycles. The van der Waals surface area contributed by atoms with Crippen LogP contribution in [-0.4, -0.2) is 53.3 Å². The van der Waals surface area contributed by atoms with Crippen molar-refractivity contribution >= 4 is 22.7 Å². The van der Waals surface area contributed by atoms with E-state index in [4.69, 9.17) is 15.2 Å². The smallest absolute Gasteiger partial charge is 0.424 e. The van der Waals surface area contributed by atoms with Crippen LogP contribution >= 0.6 is 0 Å². The van der Waals surface area contributed by atoms with Crippen molar-refractivity contribution in [3.8, 4) is 22.8 Å². The second-order valence-electron chi connectivity index (χ2n) is 10.5. The fraction of sp³-hybridized carbons (Fsp3) is 0.267. The van der Waals surface area contributed by atoms with Gasteiger partial charge in [-0.15, -0.1) is 0 Å². The van der Waals surface area contributed by atoms with Crippen molar-refractivity contribution in [2.24, 2.45) is 5.73 Å². The summed E-state index contributed by atoms with van der Waals surface area (Å²) in [5.41, 5.74) is 0.497. The Morgan fingerprint density at radius 1 is 1.16 bits per heavy atom. The molecule has 3 heterocycles. The number of hydrogen-bond acceptors (Lipinski definition) is 7. The van der Waals surface area contributed by atoms with Crippen LogP contribution in [0, 0.1) is 12.7 Å². The molecule has 0 saturated carbocycles. The Morgan fingerprint density at radius 3 is 2.49 bits per heavy atom. The van der Waals surface area contributed by atoms with Crippen molar-refractivity contribution in [1.82, 2.24) is 15.3 Å². The standard InChI is InChI=1S/C30H26F4N4O5/c1-15-8-9-36-24-19(15)10-17(11-21(24)42-3)26(39)37-13-29(41,30(32,33)34)22-12-20-25(43-14-28(20,2)27(35)40)23(38-22)16-4-6-18(31)7-5-16/h4-12,41H,13-14H2,1-3H3,(H2,35,40)(H,37,39)/t28-,29-/m0/s1. The first-order chi connectivity index (χ1) is 20.2. The van der Waals surface area contributed by atoms with E-state index in [1.165, 1.54) is 38.3 Å². The van der Waals surface area contributed by atoms with E-state index in [-0.39, 0.29) is 40.5 Å². The number of hydrogen-bond donors (Lipinski definition) is 3. The van der Waals surface area contributed by atoms with Crippen LogP contribution in [0.4, 0.5) is 17.6 Å². The average molecular weight is 599 g/mol. The number of aliphatic hydroxyl groups is 1. The Balaban J connectivity index is 1.60. The van der Waals surface area contributed by atoms with Crippen LogP contribution in [0.25, 0.3) is 22.2 Å². The molecule has 0 spiro atoms. The number of primary amides is 1. The van der Waals surface area contributed by atoms with Gasteiger partial charge in [-0.05, 0) is 67.9 Å². The summed E-state index contributed by atoms with van der Waals surface area (Å²) >= 11 is 0. The van der Waals surface area contributed by atoms with Gasteiger partial charge in [0.2, 0.25) is 11.5 Å². The molecule has 0 fully saturated rings. The predicted octanol–water partition coefficient (Wildman–Crippen LogP) is 4.07. The largest absolute Gasteiger partial charge is 0.494 e. The summed E-state index contributed by atoms with van der Waals surface area (Å²) in [6.07, 6.45) is -3.80. The minimum absolute atomic E-state index is 0.0301. The van der Waals surface area contributed by atoms with Gasteiger partial charge in [0.15, 0.2) is 0 Å². The van der Waals surface area contributed by atoms with E-state index in [1.807, 2.05) is 0 Å². The minimum atomic E-state index is -5.36. The van der Waals surface area contributed by atoms with Gasteiger partial charge in [-0.25, -0.2) is 9.37 Å². The number of nitrogens with zero attached hydrogens (tertiary/aromatic N) is 2. The fourth-order valence-electron chi connectivity index (χ4n) is 4.89. The van der Waals surface area contributed by atoms with Crippen LogP contribution in [-0.2, 0) is 15.8 Å². The second-order valence-corrected chi connectivity index (χ2v) is 10.5. The maximum Gasteiger partial charge on any atom is 0.424 e.